The molecule has 2 aromatic rings. The molecule has 0 spiro atoms. The molecule has 4 rings (SSSR count). The van der Waals surface area contributed by atoms with Crippen LogP contribution in [0.2, 0.25) is 0 Å². The molecule has 2 aromatic carbocycles. The Hall–Kier alpha value is -2.97. The highest BCUT2D eigenvalue weighted by atomic mass is 16.1. The second-order valence-electron chi connectivity index (χ2n) is 6.86. The zero-order valence-electron chi connectivity index (χ0n) is 14.5. The highest BCUT2D eigenvalue weighted by molar-refractivity contribution is 6.16. The molecule has 2 heterocycles. The normalized spacial score (nSPS) is 19.1. The van der Waals surface area contributed by atoms with Crippen molar-refractivity contribution < 1.29 is 4.79 Å². The summed E-state index contributed by atoms with van der Waals surface area (Å²) in [7, 11) is 0. The Morgan fingerprint density at radius 2 is 2.08 bits per heavy atom. The fourth-order valence-electron chi connectivity index (χ4n) is 3.84. The Labute approximate surface area is 152 Å². The predicted molar refractivity (Wildman–Crippen MR) is 99.9 cm³/mol. The number of anilines is 1. The van der Waals surface area contributed by atoms with Crippen LogP contribution in [0.3, 0.4) is 0 Å². The number of nitrogens with two attached hydrogens (primary N) is 1. The van der Waals surface area contributed by atoms with Gasteiger partial charge in [-0.25, -0.2) is 4.99 Å². The first-order chi connectivity index (χ1) is 12.7. The average Bonchev–Trinajstić information content (AvgIpc) is 2.97. The average molecular weight is 344 g/mol. The third kappa shape index (κ3) is 2.89. The number of nitriles is 1. The second kappa shape index (κ2) is 6.74. The van der Waals surface area contributed by atoms with E-state index in [2.05, 4.69) is 16.0 Å². The van der Waals surface area contributed by atoms with Gasteiger partial charge in [-0.05, 0) is 36.6 Å². The molecule has 1 saturated heterocycles. The quantitative estimate of drug-likeness (QED) is 0.902. The van der Waals surface area contributed by atoms with Crippen LogP contribution in [0.15, 0.2) is 47.5 Å². The van der Waals surface area contributed by atoms with Crippen LogP contribution in [0.4, 0.5) is 5.69 Å². The molecule has 0 unspecified atom stereocenters. The van der Waals surface area contributed by atoms with E-state index in [9.17, 15) is 10.1 Å². The Bertz CT molecular complexity index is 1030. The number of rotatable bonds is 3. The van der Waals surface area contributed by atoms with Gasteiger partial charge in [-0.2, -0.15) is 5.26 Å². The van der Waals surface area contributed by atoms with E-state index in [1.165, 1.54) is 0 Å². The van der Waals surface area contributed by atoms with Gasteiger partial charge in [0.15, 0.2) is 0 Å². The zero-order valence-corrected chi connectivity index (χ0v) is 14.5. The summed E-state index contributed by atoms with van der Waals surface area (Å²) in [6.07, 6.45) is 2.49. The summed E-state index contributed by atoms with van der Waals surface area (Å²) in [6, 6.07) is 15.6. The molecule has 0 bridgehead atoms. The maximum absolute atomic E-state index is 12.6. The zero-order chi connectivity index (χ0) is 18.1. The Morgan fingerprint density at radius 1 is 1.23 bits per heavy atom. The largest absolute Gasteiger partial charge is 0.369 e. The third-order valence-corrected chi connectivity index (χ3v) is 5.11. The molecule has 1 amide bonds. The maximum atomic E-state index is 12.6. The predicted octanol–water partition coefficient (Wildman–Crippen LogP) is 1.04. The van der Waals surface area contributed by atoms with Gasteiger partial charge in [0.05, 0.1) is 17.0 Å². The lowest BCUT2D eigenvalue weighted by Gasteiger charge is -2.33. The molecule has 130 valence electrons. The molecule has 0 saturated carbocycles. The number of carbonyl (C=O) groups is 1. The van der Waals surface area contributed by atoms with Crippen molar-refractivity contribution >= 4 is 17.2 Å². The number of nitrogens with zero attached hydrogens (tertiary/aromatic N) is 3. The highest BCUT2D eigenvalue weighted by Gasteiger charge is 2.24. The topological polar surface area (TPSA) is 82.5 Å². The molecule has 0 radical (unpaired) electrons. The van der Waals surface area contributed by atoms with Gasteiger partial charge in [-0.3, -0.25) is 4.79 Å². The van der Waals surface area contributed by atoms with E-state index in [4.69, 9.17) is 5.73 Å². The van der Waals surface area contributed by atoms with E-state index in [0.717, 1.165) is 47.8 Å². The number of fused-ring (bicyclic) bond motifs is 1. The molecule has 5 heteroatoms. The van der Waals surface area contributed by atoms with Gasteiger partial charge in [-0.15, -0.1) is 0 Å². The summed E-state index contributed by atoms with van der Waals surface area (Å²) in [5.41, 5.74) is 9.29. The first-order valence-electron chi connectivity index (χ1n) is 8.91. The maximum Gasteiger partial charge on any atom is 0.274 e. The van der Waals surface area contributed by atoms with E-state index >= 15 is 0 Å². The smallest absolute Gasteiger partial charge is 0.274 e. The molecular weight excluding hydrogens is 324 g/mol. The van der Waals surface area contributed by atoms with Crippen molar-refractivity contribution in [1.29, 1.82) is 5.26 Å². The fraction of sp³-hybridized carbons (Fsp3) is 0.286. The second-order valence-corrected chi connectivity index (χ2v) is 6.86. The van der Waals surface area contributed by atoms with Crippen molar-refractivity contribution in [3.05, 3.63) is 64.2 Å². The van der Waals surface area contributed by atoms with E-state index in [1.54, 1.807) is 6.07 Å². The minimum Gasteiger partial charge on any atom is -0.369 e. The molecular formula is C21H20N4O. The van der Waals surface area contributed by atoms with Crippen LogP contribution in [0.25, 0.3) is 5.57 Å². The summed E-state index contributed by atoms with van der Waals surface area (Å²) in [6.45, 7) is 1.72. The van der Waals surface area contributed by atoms with Crippen LogP contribution in [-0.2, 0) is 11.2 Å². The van der Waals surface area contributed by atoms with Gasteiger partial charge in [0.2, 0.25) is 0 Å². The minimum absolute atomic E-state index is 0.149. The van der Waals surface area contributed by atoms with Crippen LogP contribution in [0.5, 0.6) is 0 Å². The molecule has 2 aliphatic heterocycles. The van der Waals surface area contributed by atoms with Crippen LogP contribution < -0.4 is 21.2 Å². The molecule has 2 aliphatic rings. The minimum atomic E-state index is -0.207. The van der Waals surface area contributed by atoms with Gasteiger partial charge < -0.3 is 10.6 Å². The molecule has 0 aromatic heterocycles. The van der Waals surface area contributed by atoms with Crippen molar-refractivity contribution in [2.24, 2.45) is 10.7 Å². The Balaban J connectivity index is 1.85. The van der Waals surface area contributed by atoms with Crippen LogP contribution in [0.1, 0.15) is 24.0 Å². The van der Waals surface area contributed by atoms with E-state index in [0.29, 0.717) is 17.6 Å². The molecule has 0 aliphatic carbocycles. The Morgan fingerprint density at radius 3 is 2.88 bits per heavy atom. The van der Waals surface area contributed by atoms with Crippen molar-refractivity contribution in [2.75, 3.05) is 18.0 Å². The lowest BCUT2D eigenvalue weighted by atomic mass is 9.98. The van der Waals surface area contributed by atoms with Gasteiger partial charge >= 0.3 is 0 Å². The van der Waals surface area contributed by atoms with Crippen molar-refractivity contribution in [2.45, 2.75) is 25.3 Å². The molecule has 26 heavy (non-hydrogen) atoms. The van der Waals surface area contributed by atoms with Gasteiger partial charge in [0.25, 0.3) is 5.91 Å². The number of carbonyl (C=O) groups excluding carboxylic acids is 1. The number of piperidine rings is 1. The first-order valence-corrected chi connectivity index (χ1v) is 8.91. The number of amides is 1. The monoisotopic (exact) mass is 344 g/mol. The summed E-state index contributed by atoms with van der Waals surface area (Å²) >= 11 is 0. The third-order valence-electron chi connectivity index (χ3n) is 5.11. The molecule has 1 atom stereocenters. The van der Waals surface area contributed by atoms with E-state index in [-0.39, 0.29) is 11.9 Å². The van der Waals surface area contributed by atoms with Crippen molar-refractivity contribution in [3.63, 3.8) is 0 Å². The number of benzene rings is 2. The van der Waals surface area contributed by atoms with Crippen LogP contribution in [-0.4, -0.2) is 25.0 Å². The van der Waals surface area contributed by atoms with Crippen LogP contribution >= 0.6 is 0 Å². The lowest BCUT2D eigenvalue weighted by Crippen LogP contribution is -2.46. The number of hydrogen-bond donors (Lipinski definition) is 1. The highest BCUT2D eigenvalue weighted by Crippen LogP contribution is 2.20. The lowest BCUT2D eigenvalue weighted by molar-refractivity contribution is -0.112. The van der Waals surface area contributed by atoms with E-state index in [1.807, 2.05) is 36.4 Å². The summed E-state index contributed by atoms with van der Waals surface area (Å²) in [5, 5.41) is 11.0. The standard InChI is InChI=1S/C21H20N4O/c22-12-15-6-2-1-5-14(15)11-17-20-18(24-21(17)26)8-3-9-19(20)25-10-4-7-16(23)13-25/h1-3,5-6,8-9,16H,4,7,10-11,13,23H2/t16-/m1/s1. The molecule has 5 nitrogen and oxygen atoms in total. The number of hydrogen-bond acceptors (Lipinski definition) is 4. The van der Waals surface area contributed by atoms with Crippen molar-refractivity contribution in [3.8, 4) is 6.07 Å². The summed E-state index contributed by atoms with van der Waals surface area (Å²) in [5.74, 6) is -0.207. The van der Waals surface area contributed by atoms with Gasteiger partial charge in [-0.1, -0.05) is 24.3 Å². The molecule has 2 N–H and O–H groups in total. The molecule has 1 fully saturated rings. The fourth-order valence-corrected chi connectivity index (χ4v) is 3.84. The van der Waals surface area contributed by atoms with Gasteiger partial charge in [0.1, 0.15) is 0 Å². The summed E-state index contributed by atoms with van der Waals surface area (Å²) in [4.78, 5) is 19.1. The first kappa shape index (κ1) is 16.5. The van der Waals surface area contributed by atoms with Crippen molar-refractivity contribution in [1.82, 2.24) is 0 Å². The Kier molecular flexibility index (Phi) is 4.27. The van der Waals surface area contributed by atoms with Crippen LogP contribution in [0, 0.1) is 11.3 Å². The summed E-state index contributed by atoms with van der Waals surface area (Å²) < 4.78 is 0. The SMILES string of the molecule is N#Cc1ccccc1CC1=c2c(N3CCC[C@@H](N)C3)cccc2=NC1=O. The van der Waals surface area contributed by atoms with Gasteiger partial charge in [0, 0.05) is 42.0 Å². The van der Waals surface area contributed by atoms with E-state index < -0.39 is 0 Å².